The van der Waals surface area contributed by atoms with Gasteiger partial charge in [0.05, 0.1) is 30.2 Å². The summed E-state index contributed by atoms with van der Waals surface area (Å²) in [6.45, 7) is 0. The minimum atomic E-state index is -0.208. The van der Waals surface area contributed by atoms with Gasteiger partial charge in [-0.15, -0.1) is 10.2 Å². The number of para-hydroxylation sites is 1. The van der Waals surface area contributed by atoms with E-state index in [9.17, 15) is 9.59 Å². The van der Waals surface area contributed by atoms with Crippen molar-refractivity contribution in [2.24, 2.45) is 7.05 Å². The van der Waals surface area contributed by atoms with Gasteiger partial charge in [-0.05, 0) is 24.3 Å². The van der Waals surface area contributed by atoms with Gasteiger partial charge in [-0.3, -0.25) is 9.59 Å². The second-order valence-corrected chi connectivity index (χ2v) is 7.68. The lowest BCUT2D eigenvalue weighted by Crippen LogP contribution is -2.17. The number of amides is 1. The average Bonchev–Trinajstić information content (AvgIpc) is 3.11. The van der Waals surface area contributed by atoms with Gasteiger partial charge in [0.2, 0.25) is 5.91 Å². The van der Waals surface area contributed by atoms with Gasteiger partial charge in [-0.25, -0.2) is 4.98 Å². The van der Waals surface area contributed by atoms with Crippen molar-refractivity contribution in [3.8, 4) is 5.75 Å². The zero-order valence-corrected chi connectivity index (χ0v) is 17.8. The normalized spacial score (nSPS) is 10.9. The highest BCUT2D eigenvalue weighted by Crippen LogP contribution is 2.21. The summed E-state index contributed by atoms with van der Waals surface area (Å²) in [4.78, 5) is 31.9. The lowest BCUT2D eigenvalue weighted by Gasteiger charge is -2.07. The maximum absolute atomic E-state index is 12.4. The number of aromatic amines is 1. The minimum absolute atomic E-state index is 0.0757. The van der Waals surface area contributed by atoms with Gasteiger partial charge in [-0.2, -0.15) is 0 Å². The SMILES string of the molecule is COc1cccc(NC(=O)Cc2nnc(SCc3nc4ccccc4c(=O)[nH]3)n2C)c1. The Balaban J connectivity index is 1.41. The van der Waals surface area contributed by atoms with Gasteiger partial charge in [0.15, 0.2) is 5.16 Å². The summed E-state index contributed by atoms with van der Waals surface area (Å²) in [6.07, 6.45) is 0.0757. The first kappa shape index (κ1) is 20.6. The Bertz CT molecular complexity index is 1300. The summed E-state index contributed by atoms with van der Waals surface area (Å²) in [7, 11) is 3.37. The van der Waals surface area contributed by atoms with Crippen LogP contribution in [0.1, 0.15) is 11.6 Å². The summed E-state index contributed by atoms with van der Waals surface area (Å²) < 4.78 is 6.92. The van der Waals surface area contributed by atoms with E-state index in [-0.39, 0.29) is 17.9 Å². The first-order valence-corrected chi connectivity index (χ1v) is 10.4. The number of thioether (sulfide) groups is 1. The average molecular weight is 436 g/mol. The van der Waals surface area contributed by atoms with Crippen LogP contribution in [0.25, 0.3) is 10.9 Å². The van der Waals surface area contributed by atoms with E-state index in [1.165, 1.54) is 11.8 Å². The molecule has 2 aromatic carbocycles. The van der Waals surface area contributed by atoms with Crippen molar-refractivity contribution in [2.45, 2.75) is 17.3 Å². The Labute approximate surface area is 181 Å². The molecule has 0 aliphatic heterocycles. The highest BCUT2D eigenvalue weighted by molar-refractivity contribution is 7.98. The molecule has 0 atom stereocenters. The van der Waals surface area contributed by atoms with E-state index in [1.54, 1.807) is 61.2 Å². The van der Waals surface area contributed by atoms with Crippen LogP contribution in [0.5, 0.6) is 5.75 Å². The molecular weight excluding hydrogens is 416 g/mol. The number of fused-ring (bicyclic) bond motifs is 1. The molecule has 10 heteroatoms. The molecule has 9 nitrogen and oxygen atoms in total. The molecular formula is C21H20N6O3S. The highest BCUT2D eigenvalue weighted by atomic mass is 32.2. The third kappa shape index (κ3) is 4.75. The topological polar surface area (TPSA) is 115 Å². The largest absolute Gasteiger partial charge is 0.497 e. The number of benzene rings is 2. The van der Waals surface area contributed by atoms with E-state index in [1.807, 2.05) is 6.07 Å². The first-order valence-electron chi connectivity index (χ1n) is 9.46. The standard InChI is InChI=1S/C21H20N6O3S/c1-27-18(11-19(28)22-13-6-5-7-14(10-13)30-2)25-26-21(27)31-12-17-23-16-9-4-3-8-15(16)20(29)24-17/h3-10H,11-12H2,1-2H3,(H,22,28)(H,23,24,29). The van der Waals surface area contributed by atoms with Crippen molar-refractivity contribution in [3.63, 3.8) is 0 Å². The van der Waals surface area contributed by atoms with Crippen LogP contribution in [-0.4, -0.2) is 37.7 Å². The molecule has 2 N–H and O–H groups in total. The smallest absolute Gasteiger partial charge is 0.258 e. The van der Waals surface area contributed by atoms with E-state index >= 15 is 0 Å². The molecule has 4 aromatic rings. The van der Waals surface area contributed by atoms with Crippen molar-refractivity contribution in [2.75, 3.05) is 12.4 Å². The summed E-state index contributed by atoms with van der Waals surface area (Å²) >= 11 is 1.38. The number of H-pyrrole nitrogens is 1. The van der Waals surface area contributed by atoms with Crippen molar-refractivity contribution in [1.29, 1.82) is 0 Å². The number of hydrogen-bond donors (Lipinski definition) is 2. The zero-order valence-electron chi connectivity index (χ0n) is 17.0. The Morgan fingerprint density at radius 3 is 2.87 bits per heavy atom. The van der Waals surface area contributed by atoms with Crippen molar-refractivity contribution < 1.29 is 9.53 Å². The Hall–Kier alpha value is -3.66. The predicted octanol–water partition coefficient (Wildman–Crippen LogP) is 2.53. The molecule has 0 saturated heterocycles. The van der Waals surface area contributed by atoms with E-state index in [2.05, 4.69) is 25.5 Å². The Kier molecular flexibility index (Phi) is 5.99. The second-order valence-electron chi connectivity index (χ2n) is 6.73. The van der Waals surface area contributed by atoms with Crippen molar-refractivity contribution in [1.82, 2.24) is 24.7 Å². The number of anilines is 1. The molecule has 4 rings (SSSR count). The zero-order chi connectivity index (χ0) is 21.8. The molecule has 0 radical (unpaired) electrons. The van der Waals surface area contributed by atoms with E-state index in [0.29, 0.717) is 44.9 Å². The highest BCUT2D eigenvalue weighted by Gasteiger charge is 2.14. The maximum atomic E-state index is 12.4. The van der Waals surface area contributed by atoms with Crippen LogP contribution in [0.3, 0.4) is 0 Å². The van der Waals surface area contributed by atoms with Gasteiger partial charge in [0, 0.05) is 18.8 Å². The number of carbonyl (C=O) groups is 1. The van der Waals surface area contributed by atoms with E-state index in [0.717, 1.165) is 0 Å². The third-order valence-electron chi connectivity index (χ3n) is 4.60. The van der Waals surface area contributed by atoms with Gasteiger partial charge in [0.25, 0.3) is 5.56 Å². The van der Waals surface area contributed by atoms with Crippen LogP contribution in [0.2, 0.25) is 0 Å². The van der Waals surface area contributed by atoms with Crippen LogP contribution in [0.4, 0.5) is 5.69 Å². The maximum Gasteiger partial charge on any atom is 0.258 e. The van der Waals surface area contributed by atoms with Crippen LogP contribution in [0.15, 0.2) is 58.5 Å². The number of nitrogens with one attached hydrogen (secondary N) is 2. The number of ether oxygens (including phenoxy) is 1. The predicted molar refractivity (Wildman–Crippen MR) is 118 cm³/mol. The molecule has 0 spiro atoms. The lowest BCUT2D eigenvalue weighted by molar-refractivity contribution is -0.115. The van der Waals surface area contributed by atoms with Crippen molar-refractivity contribution in [3.05, 3.63) is 70.5 Å². The number of carbonyl (C=O) groups excluding carboxylic acids is 1. The molecule has 0 unspecified atom stereocenters. The fourth-order valence-corrected chi connectivity index (χ4v) is 3.81. The minimum Gasteiger partial charge on any atom is -0.497 e. The van der Waals surface area contributed by atoms with Gasteiger partial charge < -0.3 is 19.6 Å². The van der Waals surface area contributed by atoms with Gasteiger partial charge >= 0.3 is 0 Å². The number of rotatable bonds is 7. The molecule has 2 heterocycles. The molecule has 1 amide bonds. The first-order chi connectivity index (χ1) is 15.0. The summed E-state index contributed by atoms with van der Waals surface area (Å²) in [6, 6.07) is 14.3. The van der Waals surface area contributed by atoms with Crippen molar-refractivity contribution >= 4 is 34.3 Å². The van der Waals surface area contributed by atoms with Crippen LogP contribution in [0, 0.1) is 0 Å². The number of hydrogen-bond acceptors (Lipinski definition) is 7. The molecule has 0 aliphatic carbocycles. The molecule has 2 aromatic heterocycles. The van der Waals surface area contributed by atoms with E-state index in [4.69, 9.17) is 4.74 Å². The molecule has 0 saturated carbocycles. The summed E-state index contributed by atoms with van der Waals surface area (Å²) in [5.41, 5.74) is 1.12. The number of methoxy groups -OCH3 is 1. The molecule has 0 fully saturated rings. The van der Waals surface area contributed by atoms with Gasteiger partial charge in [0.1, 0.15) is 17.4 Å². The molecule has 31 heavy (non-hydrogen) atoms. The Morgan fingerprint density at radius 1 is 1.19 bits per heavy atom. The van der Waals surface area contributed by atoms with Crippen LogP contribution in [-0.2, 0) is 24.0 Å². The van der Waals surface area contributed by atoms with E-state index < -0.39 is 0 Å². The fraction of sp³-hybridized carbons (Fsp3) is 0.190. The summed E-state index contributed by atoms with van der Waals surface area (Å²) in [5.74, 6) is 1.95. The number of aromatic nitrogens is 5. The lowest BCUT2D eigenvalue weighted by atomic mass is 10.2. The Morgan fingerprint density at radius 2 is 2.03 bits per heavy atom. The molecule has 0 bridgehead atoms. The number of nitrogens with zero attached hydrogens (tertiary/aromatic N) is 4. The van der Waals surface area contributed by atoms with Crippen LogP contribution >= 0.6 is 11.8 Å². The van der Waals surface area contributed by atoms with Crippen LogP contribution < -0.4 is 15.6 Å². The molecule has 158 valence electrons. The van der Waals surface area contributed by atoms with Gasteiger partial charge in [-0.1, -0.05) is 30.0 Å². The summed E-state index contributed by atoms with van der Waals surface area (Å²) in [5, 5.41) is 12.3. The molecule has 0 aliphatic rings. The fourth-order valence-electron chi connectivity index (χ4n) is 3.01. The third-order valence-corrected chi connectivity index (χ3v) is 5.63. The quantitative estimate of drug-likeness (QED) is 0.428. The second kappa shape index (κ2) is 9.00. The monoisotopic (exact) mass is 436 g/mol.